The van der Waals surface area contributed by atoms with E-state index in [2.05, 4.69) is 47.4 Å². The molecule has 0 amide bonds. The van der Waals surface area contributed by atoms with E-state index in [0.717, 1.165) is 0 Å². The van der Waals surface area contributed by atoms with Gasteiger partial charge in [0.15, 0.2) is 0 Å². The topological polar surface area (TPSA) is 17.0 Å². The van der Waals surface area contributed by atoms with Crippen molar-refractivity contribution < 1.29 is 0 Å². The Bertz CT molecular complexity index is 634. The molecule has 1 aromatic carbocycles. The Morgan fingerprint density at radius 3 is 3.24 bits per heavy atom. The van der Waals surface area contributed by atoms with Gasteiger partial charge >= 0.3 is 0 Å². The van der Waals surface area contributed by atoms with Gasteiger partial charge in [-0.3, -0.25) is 0 Å². The molecule has 2 aliphatic rings. The van der Waals surface area contributed by atoms with Gasteiger partial charge < -0.3 is 9.88 Å². The SMILES string of the molecule is Cc1ccc2c(c1)c1c3n2C=CN[C@@H]3CCC1. The molecular formula is C15H16N2. The van der Waals surface area contributed by atoms with Gasteiger partial charge in [0.05, 0.1) is 11.6 Å². The highest BCUT2D eigenvalue weighted by Gasteiger charge is 2.27. The summed E-state index contributed by atoms with van der Waals surface area (Å²) < 4.78 is 2.38. The minimum Gasteiger partial charge on any atom is -0.381 e. The van der Waals surface area contributed by atoms with E-state index < -0.39 is 0 Å². The number of fused-ring (bicyclic) bond motifs is 3. The lowest BCUT2D eigenvalue weighted by Gasteiger charge is -2.27. The number of aryl methyl sites for hydroxylation is 2. The summed E-state index contributed by atoms with van der Waals surface area (Å²) in [4.78, 5) is 0. The molecule has 1 N–H and O–H groups in total. The largest absolute Gasteiger partial charge is 0.381 e. The first-order chi connectivity index (χ1) is 8.34. The number of hydrogen-bond donors (Lipinski definition) is 1. The molecule has 0 bridgehead atoms. The van der Waals surface area contributed by atoms with Gasteiger partial charge in [0.1, 0.15) is 0 Å². The number of nitrogens with one attached hydrogen (secondary N) is 1. The Balaban J connectivity index is 2.15. The fraction of sp³-hybridized carbons (Fsp3) is 0.333. The van der Waals surface area contributed by atoms with Gasteiger partial charge in [0.25, 0.3) is 0 Å². The van der Waals surface area contributed by atoms with Crippen LogP contribution in [0, 0.1) is 6.92 Å². The fourth-order valence-electron chi connectivity index (χ4n) is 3.33. The molecule has 2 aromatic rings. The van der Waals surface area contributed by atoms with Gasteiger partial charge in [-0.15, -0.1) is 0 Å². The lowest BCUT2D eigenvalue weighted by atomic mass is 9.91. The van der Waals surface area contributed by atoms with Crippen molar-refractivity contribution in [2.75, 3.05) is 0 Å². The first kappa shape index (κ1) is 9.34. The average molecular weight is 224 g/mol. The highest BCUT2D eigenvalue weighted by atomic mass is 15.1. The molecule has 1 atom stereocenters. The standard InChI is InChI=1S/C15H16N2/c1-10-5-6-14-12(9-10)11-3-2-4-13-15(11)17(14)8-7-16-13/h5-9,13,16H,2-4H2,1H3/t13-/m1/s1. The summed E-state index contributed by atoms with van der Waals surface area (Å²) in [5.41, 5.74) is 5.79. The van der Waals surface area contributed by atoms with Gasteiger partial charge in [0, 0.05) is 23.5 Å². The molecule has 2 heterocycles. The zero-order valence-corrected chi connectivity index (χ0v) is 10.0. The van der Waals surface area contributed by atoms with Gasteiger partial charge in [-0.25, -0.2) is 0 Å². The van der Waals surface area contributed by atoms with Crippen LogP contribution in [0.4, 0.5) is 0 Å². The molecule has 0 fully saturated rings. The third-order valence-electron chi connectivity index (χ3n) is 4.08. The lowest BCUT2D eigenvalue weighted by molar-refractivity contribution is 0.490. The van der Waals surface area contributed by atoms with Crippen molar-refractivity contribution in [3.63, 3.8) is 0 Å². The molecule has 17 heavy (non-hydrogen) atoms. The van der Waals surface area contributed by atoms with Crippen LogP contribution in [0.3, 0.4) is 0 Å². The summed E-state index contributed by atoms with van der Waals surface area (Å²) in [5.74, 6) is 0. The zero-order valence-electron chi connectivity index (χ0n) is 10.0. The number of aromatic nitrogens is 1. The van der Waals surface area contributed by atoms with E-state index >= 15 is 0 Å². The van der Waals surface area contributed by atoms with E-state index in [1.54, 1.807) is 5.56 Å². The van der Waals surface area contributed by atoms with Crippen LogP contribution in [0.5, 0.6) is 0 Å². The van der Waals surface area contributed by atoms with E-state index in [0.29, 0.717) is 6.04 Å². The fourth-order valence-corrected chi connectivity index (χ4v) is 3.33. The maximum atomic E-state index is 3.49. The second-order valence-electron chi connectivity index (χ2n) is 5.18. The van der Waals surface area contributed by atoms with Crippen molar-refractivity contribution in [2.45, 2.75) is 32.2 Å². The highest BCUT2D eigenvalue weighted by Crippen LogP contribution is 2.39. The minimum absolute atomic E-state index is 0.524. The normalized spacial score (nSPS) is 21.4. The van der Waals surface area contributed by atoms with Crippen LogP contribution in [0.2, 0.25) is 0 Å². The minimum atomic E-state index is 0.524. The van der Waals surface area contributed by atoms with E-state index in [1.165, 1.54) is 41.4 Å². The molecule has 4 rings (SSSR count). The Hall–Kier alpha value is -1.70. The summed E-state index contributed by atoms with van der Waals surface area (Å²) in [7, 11) is 0. The molecule has 86 valence electrons. The highest BCUT2D eigenvalue weighted by molar-refractivity contribution is 5.88. The van der Waals surface area contributed by atoms with E-state index in [1.807, 2.05) is 0 Å². The van der Waals surface area contributed by atoms with E-state index in [-0.39, 0.29) is 0 Å². The van der Waals surface area contributed by atoms with Crippen LogP contribution in [0.1, 0.15) is 35.7 Å². The summed E-state index contributed by atoms with van der Waals surface area (Å²) in [6.07, 6.45) is 8.04. The molecule has 0 unspecified atom stereocenters. The van der Waals surface area contributed by atoms with Crippen molar-refractivity contribution in [3.8, 4) is 0 Å². The van der Waals surface area contributed by atoms with Crippen LogP contribution >= 0.6 is 0 Å². The van der Waals surface area contributed by atoms with Crippen molar-refractivity contribution in [1.82, 2.24) is 9.88 Å². The lowest BCUT2D eigenvalue weighted by Crippen LogP contribution is -2.25. The molecule has 1 aliphatic heterocycles. The molecule has 0 saturated heterocycles. The number of rotatable bonds is 0. The number of nitrogens with zero attached hydrogens (tertiary/aromatic N) is 1. The molecular weight excluding hydrogens is 208 g/mol. The first-order valence-electron chi connectivity index (χ1n) is 6.40. The Kier molecular flexibility index (Phi) is 1.74. The Morgan fingerprint density at radius 2 is 2.29 bits per heavy atom. The molecule has 1 aliphatic carbocycles. The third-order valence-corrected chi connectivity index (χ3v) is 4.08. The van der Waals surface area contributed by atoms with Crippen LogP contribution in [-0.4, -0.2) is 4.57 Å². The van der Waals surface area contributed by atoms with Crippen LogP contribution in [0.25, 0.3) is 17.1 Å². The first-order valence-corrected chi connectivity index (χ1v) is 6.40. The quantitative estimate of drug-likeness (QED) is 0.726. The van der Waals surface area contributed by atoms with Crippen LogP contribution in [-0.2, 0) is 6.42 Å². The summed E-state index contributed by atoms with van der Waals surface area (Å²) in [6.45, 7) is 2.18. The molecule has 0 radical (unpaired) electrons. The maximum absolute atomic E-state index is 3.49. The Morgan fingerprint density at radius 1 is 1.35 bits per heavy atom. The van der Waals surface area contributed by atoms with E-state index in [9.17, 15) is 0 Å². The summed E-state index contributed by atoms with van der Waals surface area (Å²) in [5, 5.41) is 4.95. The van der Waals surface area contributed by atoms with Gasteiger partial charge in [-0.05, 0) is 43.9 Å². The Labute approximate surface area is 101 Å². The van der Waals surface area contributed by atoms with Crippen LogP contribution in [0.15, 0.2) is 24.4 Å². The number of benzene rings is 1. The summed E-state index contributed by atoms with van der Waals surface area (Å²) in [6, 6.07) is 7.33. The average Bonchev–Trinajstić information content (AvgIpc) is 2.67. The predicted molar refractivity (Wildman–Crippen MR) is 70.8 cm³/mol. The van der Waals surface area contributed by atoms with Crippen LogP contribution < -0.4 is 5.32 Å². The van der Waals surface area contributed by atoms with Crippen molar-refractivity contribution in [1.29, 1.82) is 0 Å². The maximum Gasteiger partial charge on any atom is 0.0667 e. The van der Waals surface area contributed by atoms with Crippen molar-refractivity contribution in [2.24, 2.45) is 0 Å². The molecule has 2 nitrogen and oxygen atoms in total. The van der Waals surface area contributed by atoms with Gasteiger partial charge in [-0.1, -0.05) is 11.6 Å². The smallest absolute Gasteiger partial charge is 0.0667 e. The third kappa shape index (κ3) is 1.15. The second kappa shape index (κ2) is 3.16. The second-order valence-corrected chi connectivity index (χ2v) is 5.18. The number of hydrogen-bond acceptors (Lipinski definition) is 1. The van der Waals surface area contributed by atoms with E-state index in [4.69, 9.17) is 0 Å². The monoisotopic (exact) mass is 224 g/mol. The molecule has 0 saturated carbocycles. The van der Waals surface area contributed by atoms with Gasteiger partial charge in [0.2, 0.25) is 0 Å². The van der Waals surface area contributed by atoms with Gasteiger partial charge in [-0.2, -0.15) is 0 Å². The molecule has 1 aromatic heterocycles. The van der Waals surface area contributed by atoms with Crippen molar-refractivity contribution in [3.05, 3.63) is 41.2 Å². The zero-order chi connectivity index (χ0) is 11.4. The predicted octanol–water partition coefficient (Wildman–Crippen LogP) is 3.36. The molecule has 2 heteroatoms. The van der Waals surface area contributed by atoms with Crippen molar-refractivity contribution >= 4 is 17.1 Å². The summed E-state index contributed by atoms with van der Waals surface area (Å²) >= 11 is 0. The molecule has 0 spiro atoms.